The lowest BCUT2D eigenvalue weighted by Crippen LogP contribution is -2.45. The third kappa shape index (κ3) is 6.03. The Morgan fingerprint density at radius 2 is 1.90 bits per heavy atom. The van der Waals surface area contributed by atoms with Gasteiger partial charge in [-0.15, -0.1) is 24.8 Å². The van der Waals surface area contributed by atoms with E-state index in [1.54, 1.807) is 0 Å². The molecule has 1 atom stereocenters. The van der Waals surface area contributed by atoms with Gasteiger partial charge in [-0.25, -0.2) is 0 Å². The zero-order valence-electron chi connectivity index (χ0n) is 13.0. The average Bonchev–Trinajstić information content (AvgIpc) is 2.46. The van der Waals surface area contributed by atoms with E-state index < -0.39 is 0 Å². The first-order chi connectivity index (χ1) is 9.35. The summed E-state index contributed by atoms with van der Waals surface area (Å²) >= 11 is 0. The SMILES string of the molecule is CCC[C@@H](c1cccc(OCC)c1)N1CCNCC1.Cl.Cl. The smallest absolute Gasteiger partial charge is 0.119 e. The minimum atomic E-state index is 0. The van der Waals surface area contributed by atoms with Crippen molar-refractivity contribution in [1.29, 1.82) is 0 Å². The molecule has 0 radical (unpaired) electrons. The molecule has 0 spiro atoms. The lowest BCUT2D eigenvalue weighted by Gasteiger charge is -2.35. The van der Waals surface area contributed by atoms with Crippen molar-refractivity contribution in [1.82, 2.24) is 10.2 Å². The van der Waals surface area contributed by atoms with E-state index in [0.717, 1.165) is 38.5 Å². The molecule has 1 aromatic rings. The van der Waals surface area contributed by atoms with E-state index in [1.807, 2.05) is 13.0 Å². The first-order valence-corrected chi connectivity index (χ1v) is 7.52. The molecule has 1 saturated heterocycles. The van der Waals surface area contributed by atoms with E-state index in [4.69, 9.17) is 4.74 Å². The van der Waals surface area contributed by atoms with Crippen molar-refractivity contribution in [2.75, 3.05) is 32.8 Å². The van der Waals surface area contributed by atoms with Crippen LogP contribution in [0.1, 0.15) is 38.3 Å². The maximum atomic E-state index is 5.63. The van der Waals surface area contributed by atoms with E-state index in [9.17, 15) is 0 Å². The third-order valence-corrected chi connectivity index (χ3v) is 3.71. The van der Waals surface area contributed by atoms with Crippen molar-refractivity contribution < 1.29 is 4.74 Å². The molecular formula is C16H28Cl2N2O. The molecule has 5 heteroatoms. The van der Waals surface area contributed by atoms with Crippen LogP contribution >= 0.6 is 24.8 Å². The molecule has 0 amide bonds. The molecule has 0 saturated carbocycles. The topological polar surface area (TPSA) is 24.5 Å². The molecule has 0 bridgehead atoms. The fraction of sp³-hybridized carbons (Fsp3) is 0.625. The number of hydrogen-bond donors (Lipinski definition) is 1. The van der Waals surface area contributed by atoms with E-state index in [-0.39, 0.29) is 24.8 Å². The molecule has 1 aliphatic rings. The predicted octanol–water partition coefficient (Wildman–Crippen LogP) is 3.68. The van der Waals surface area contributed by atoms with Crippen LogP contribution in [0.25, 0.3) is 0 Å². The molecule has 0 unspecified atom stereocenters. The molecule has 2 rings (SSSR count). The van der Waals surface area contributed by atoms with Crippen LogP contribution in [0.2, 0.25) is 0 Å². The van der Waals surface area contributed by atoms with Crippen LogP contribution in [0.5, 0.6) is 5.75 Å². The molecule has 1 aromatic carbocycles. The number of rotatable bonds is 6. The van der Waals surface area contributed by atoms with E-state index in [0.29, 0.717) is 6.04 Å². The Morgan fingerprint density at radius 1 is 1.19 bits per heavy atom. The van der Waals surface area contributed by atoms with Crippen LogP contribution in [-0.2, 0) is 0 Å². The Bertz CT molecular complexity index is 384. The van der Waals surface area contributed by atoms with Gasteiger partial charge in [-0.1, -0.05) is 25.5 Å². The van der Waals surface area contributed by atoms with E-state index in [2.05, 4.69) is 35.3 Å². The van der Waals surface area contributed by atoms with Gasteiger partial charge in [0.1, 0.15) is 5.75 Å². The Hall–Kier alpha value is -0.480. The molecule has 1 N–H and O–H groups in total. The highest BCUT2D eigenvalue weighted by Crippen LogP contribution is 2.28. The number of piperazine rings is 1. The van der Waals surface area contributed by atoms with Crippen molar-refractivity contribution >= 4 is 24.8 Å². The van der Waals surface area contributed by atoms with Crippen LogP contribution in [0.15, 0.2) is 24.3 Å². The zero-order valence-corrected chi connectivity index (χ0v) is 14.6. The predicted molar refractivity (Wildman–Crippen MR) is 94.2 cm³/mol. The van der Waals surface area contributed by atoms with Gasteiger partial charge in [0, 0.05) is 32.2 Å². The van der Waals surface area contributed by atoms with E-state index in [1.165, 1.54) is 18.4 Å². The van der Waals surface area contributed by atoms with Gasteiger partial charge in [0.2, 0.25) is 0 Å². The Kier molecular flexibility index (Phi) is 10.9. The van der Waals surface area contributed by atoms with Crippen LogP contribution in [0.3, 0.4) is 0 Å². The summed E-state index contributed by atoms with van der Waals surface area (Å²) in [4.78, 5) is 2.60. The minimum absolute atomic E-state index is 0. The maximum absolute atomic E-state index is 5.63. The second kappa shape index (κ2) is 11.1. The first kappa shape index (κ1) is 20.5. The summed E-state index contributed by atoms with van der Waals surface area (Å²) in [5.74, 6) is 0.997. The molecular weight excluding hydrogens is 307 g/mol. The summed E-state index contributed by atoms with van der Waals surface area (Å²) in [6, 6.07) is 9.16. The molecule has 0 aromatic heterocycles. The molecule has 1 heterocycles. The summed E-state index contributed by atoms with van der Waals surface area (Å²) in [6.07, 6.45) is 2.43. The lowest BCUT2D eigenvalue weighted by molar-refractivity contribution is 0.164. The third-order valence-electron chi connectivity index (χ3n) is 3.71. The van der Waals surface area contributed by atoms with Crippen LogP contribution in [0, 0.1) is 0 Å². The fourth-order valence-electron chi connectivity index (χ4n) is 2.81. The van der Waals surface area contributed by atoms with Crippen molar-refractivity contribution in [3.05, 3.63) is 29.8 Å². The normalized spacial score (nSPS) is 16.5. The van der Waals surface area contributed by atoms with Crippen molar-refractivity contribution in [2.24, 2.45) is 0 Å². The standard InChI is InChI=1S/C16H26N2O.2ClH/c1-3-6-16(18-11-9-17-10-12-18)14-7-5-8-15(13-14)19-4-2;;/h5,7-8,13,16-17H,3-4,6,9-12H2,1-2H3;2*1H/t16-;;/m0../s1. The monoisotopic (exact) mass is 334 g/mol. The number of nitrogens with one attached hydrogen (secondary N) is 1. The highest BCUT2D eigenvalue weighted by atomic mass is 35.5. The van der Waals surface area contributed by atoms with Crippen LogP contribution < -0.4 is 10.1 Å². The lowest BCUT2D eigenvalue weighted by atomic mass is 9.99. The van der Waals surface area contributed by atoms with Crippen LogP contribution in [-0.4, -0.2) is 37.7 Å². The number of hydrogen-bond acceptors (Lipinski definition) is 3. The highest BCUT2D eigenvalue weighted by molar-refractivity contribution is 5.85. The number of halogens is 2. The summed E-state index contributed by atoms with van der Waals surface area (Å²) < 4.78 is 5.63. The Morgan fingerprint density at radius 3 is 2.52 bits per heavy atom. The van der Waals surface area contributed by atoms with Crippen molar-refractivity contribution in [3.63, 3.8) is 0 Å². The minimum Gasteiger partial charge on any atom is -0.494 e. The fourth-order valence-corrected chi connectivity index (χ4v) is 2.81. The van der Waals surface area contributed by atoms with Gasteiger partial charge in [-0.2, -0.15) is 0 Å². The molecule has 122 valence electrons. The second-order valence-corrected chi connectivity index (χ2v) is 5.10. The van der Waals surface area contributed by atoms with Gasteiger partial charge in [0.25, 0.3) is 0 Å². The largest absolute Gasteiger partial charge is 0.494 e. The zero-order chi connectivity index (χ0) is 13.5. The highest BCUT2D eigenvalue weighted by Gasteiger charge is 2.21. The number of ether oxygens (including phenoxy) is 1. The molecule has 3 nitrogen and oxygen atoms in total. The molecule has 0 aliphatic carbocycles. The molecule has 21 heavy (non-hydrogen) atoms. The van der Waals surface area contributed by atoms with Gasteiger partial charge in [-0.3, -0.25) is 4.90 Å². The number of benzene rings is 1. The summed E-state index contributed by atoms with van der Waals surface area (Å²) in [5.41, 5.74) is 1.40. The van der Waals surface area contributed by atoms with Gasteiger partial charge in [-0.05, 0) is 31.0 Å². The van der Waals surface area contributed by atoms with Gasteiger partial charge < -0.3 is 10.1 Å². The summed E-state index contributed by atoms with van der Waals surface area (Å²) in [5, 5.41) is 3.43. The Labute approximate surface area is 141 Å². The summed E-state index contributed by atoms with van der Waals surface area (Å²) in [6.45, 7) is 9.52. The van der Waals surface area contributed by atoms with Gasteiger partial charge in [0.05, 0.1) is 6.61 Å². The quantitative estimate of drug-likeness (QED) is 0.858. The van der Waals surface area contributed by atoms with E-state index >= 15 is 0 Å². The molecule has 1 fully saturated rings. The van der Waals surface area contributed by atoms with Gasteiger partial charge >= 0.3 is 0 Å². The maximum Gasteiger partial charge on any atom is 0.119 e. The van der Waals surface area contributed by atoms with Crippen molar-refractivity contribution in [3.8, 4) is 5.75 Å². The van der Waals surface area contributed by atoms with Crippen LogP contribution in [0.4, 0.5) is 0 Å². The number of nitrogens with zero attached hydrogens (tertiary/aromatic N) is 1. The van der Waals surface area contributed by atoms with Gasteiger partial charge in [0.15, 0.2) is 0 Å². The average molecular weight is 335 g/mol. The Balaban J connectivity index is 0.00000200. The summed E-state index contributed by atoms with van der Waals surface area (Å²) in [7, 11) is 0. The first-order valence-electron chi connectivity index (χ1n) is 7.52. The molecule has 1 aliphatic heterocycles. The van der Waals surface area contributed by atoms with Crippen molar-refractivity contribution in [2.45, 2.75) is 32.7 Å². The second-order valence-electron chi connectivity index (χ2n) is 5.10.